The van der Waals surface area contributed by atoms with Gasteiger partial charge >= 0.3 is 0 Å². The van der Waals surface area contributed by atoms with Crippen molar-refractivity contribution in [1.82, 2.24) is 5.32 Å². The Balaban J connectivity index is 2.24. The SMILES string of the molecule is CCCCCCCCCCCCC/C=C\CCCCCCCCCC(=O)NC(COC1OC(CO)C(O)C(O)C1O)C(O)/C=C/CC/C=C/CCCCCCCCCCCCCCCCCCCC. The molecule has 1 saturated heterocycles. The van der Waals surface area contributed by atoms with Crippen molar-refractivity contribution < 1.29 is 39.8 Å². The molecule has 0 radical (unpaired) electrons. The molecule has 406 valence electrons. The number of amides is 1. The third kappa shape index (κ3) is 39.6. The van der Waals surface area contributed by atoms with Crippen LogP contribution in [-0.4, -0.2) is 87.5 Å². The second-order valence-electron chi connectivity index (χ2n) is 20.8. The van der Waals surface area contributed by atoms with E-state index in [9.17, 15) is 30.3 Å². The van der Waals surface area contributed by atoms with Crippen molar-refractivity contribution in [2.45, 2.75) is 326 Å². The van der Waals surface area contributed by atoms with Gasteiger partial charge in [-0.2, -0.15) is 0 Å². The number of hydrogen-bond acceptors (Lipinski definition) is 8. The fourth-order valence-electron chi connectivity index (χ4n) is 9.46. The quantitative estimate of drug-likeness (QED) is 0.0261. The molecule has 9 nitrogen and oxygen atoms in total. The summed E-state index contributed by atoms with van der Waals surface area (Å²) in [5, 5.41) is 54.5. The van der Waals surface area contributed by atoms with Crippen LogP contribution in [0.2, 0.25) is 0 Å². The van der Waals surface area contributed by atoms with Crippen LogP contribution in [0.4, 0.5) is 0 Å². The number of unbranched alkanes of at least 4 members (excludes halogenated alkanes) is 37. The Morgan fingerprint density at radius 2 is 0.826 bits per heavy atom. The van der Waals surface area contributed by atoms with Crippen molar-refractivity contribution in [3.63, 3.8) is 0 Å². The molecule has 0 aromatic heterocycles. The van der Waals surface area contributed by atoms with Gasteiger partial charge in [-0.15, -0.1) is 0 Å². The summed E-state index contributed by atoms with van der Waals surface area (Å²) >= 11 is 0. The normalized spacial score (nSPS) is 19.7. The predicted octanol–water partition coefficient (Wildman–Crippen LogP) is 14.7. The summed E-state index contributed by atoms with van der Waals surface area (Å²) in [6, 6.07) is -0.824. The molecule has 0 aromatic rings. The summed E-state index contributed by atoms with van der Waals surface area (Å²) in [6.45, 7) is 3.80. The van der Waals surface area contributed by atoms with E-state index in [0.29, 0.717) is 6.42 Å². The van der Waals surface area contributed by atoms with Gasteiger partial charge in [0.05, 0.1) is 25.4 Å². The molecule has 1 fully saturated rings. The van der Waals surface area contributed by atoms with Gasteiger partial charge in [-0.3, -0.25) is 4.79 Å². The molecule has 7 atom stereocenters. The third-order valence-electron chi connectivity index (χ3n) is 14.2. The number of ether oxygens (including phenoxy) is 2. The van der Waals surface area contributed by atoms with E-state index in [1.165, 1.54) is 212 Å². The molecular formula is C60H113NO8. The fourth-order valence-corrected chi connectivity index (χ4v) is 9.46. The highest BCUT2D eigenvalue weighted by molar-refractivity contribution is 5.76. The summed E-state index contributed by atoms with van der Waals surface area (Å²) < 4.78 is 11.3. The second kappa shape index (κ2) is 50.0. The van der Waals surface area contributed by atoms with Crippen LogP contribution < -0.4 is 5.32 Å². The molecule has 1 heterocycles. The Labute approximate surface area is 425 Å². The van der Waals surface area contributed by atoms with Gasteiger partial charge in [0, 0.05) is 6.42 Å². The van der Waals surface area contributed by atoms with E-state index in [1.54, 1.807) is 6.08 Å². The average Bonchev–Trinajstić information content (AvgIpc) is 3.35. The van der Waals surface area contributed by atoms with Gasteiger partial charge in [0.15, 0.2) is 6.29 Å². The Morgan fingerprint density at radius 1 is 0.478 bits per heavy atom. The maximum atomic E-state index is 13.1. The topological polar surface area (TPSA) is 149 Å². The summed E-state index contributed by atoms with van der Waals surface area (Å²) in [7, 11) is 0. The molecule has 0 saturated carbocycles. The van der Waals surface area contributed by atoms with E-state index >= 15 is 0 Å². The lowest BCUT2D eigenvalue weighted by atomic mass is 9.99. The van der Waals surface area contributed by atoms with Crippen LogP contribution >= 0.6 is 0 Å². The molecule has 1 rings (SSSR count). The number of carbonyl (C=O) groups is 1. The van der Waals surface area contributed by atoms with Gasteiger partial charge in [-0.05, 0) is 57.8 Å². The molecule has 6 N–H and O–H groups in total. The first-order chi connectivity index (χ1) is 33.8. The monoisotopic (exact) mass is 976 g/mol. The van der Waals surface area contributed by atoms with E-state index < -0.39 is 49.5 Å². The molecule has 1 amide bonds. The van der Waals surface area contributed by atoms with Crippen molar-refractivity contribution in [2.75, 3.05) is 13.2 Å². The molecule has 0 bridgehead atoms. The van der Waals surface area contributed by atoms with Crippen LogP contribution in [0, 0.1) is 0 Å². The fraction of sp³-hybridized carbons (Fsp3) is 0.883. The number of carbonyl (C=O) groups excluding carboxylic acids is 1. The Bertz CT molecular complexity index is 1180. The molecule has 0 aliphatic carbocycles. The van der Waals surface area contributed by atoms with Crippen molar-refractivity contribution in [2.24, 2.45) is 0 Å². The Hall–Kier alpha value is -1.59. The standard InChI is InChI=1S/C60H113NO8/c1-3-5-7-9-11-13-15-17-19-21-23-25-27-28-29-31-33-35-37-39-41-43-45-47-49-54(63)53(52-68-60-59(67)58(66)57(65)55(51-62)69-60)61-56(64)50-48-46-44-42-40-38-36-34-32-30-26-24-22-20-18-16-14-12-10-8-6-4-2/h30,32,39,41,47,49,53-55,57-60,62-63,65-67H,3-29,31,33-38,40,42-46,48,50-52H2,1-2H3,(H,61,64)/b32-30-,41-39+,49-47+. The van der Waals surface area contributed by atoms with Crippen LogP contribution in [0.3, 0.4) is 0 Å². The number of rotatable bonds is 51. The molecule has 0 aromatic carbocycles. The first-order valence-electron chi connectivity index (χ1n) is 29.7. The van der Waals surface area contributed by atoms with Gasteiger partial charge in [0.1, 0.15) is 24.4 Å². The predicted molar refractivity (Wildman–Crippen MR) is 290 cm³/mol. The Kier molecular flexibility index (Phi) is 47.4. The molecule has 1 aliphatic rings. The van der Waals surface area contributed by atoms with Crippen molar-refractivity contribution >= 4 is 5.91 Å². The highest BCUT2D eigenvalue weighted by atomic mass is 16.7. The van der Waals surface area contributed by atoms with Gasteiger partial charge in [0.25, 0.3) is 0 Å². The largest absolute Gasteiger partial charge is 0.394 e. The van der Waals surface area contributed by atoms with Crippen molar-refractivity contribution in [1.29, 1.82) is 0 Å². The first-order valence-corrected chi connectivity index (χ1v) is 29.7. The van der Waals surface area contributed by atoms with Crippen LogP contribution in [0.5, 0.6) is 0 Å². The van der Waals surface area contributed by atoms with E-state index in [2.05, 4.69) is 43.5 Å². The number of allylic oxidation sites excluding steroid dienone is 5. The minimum atomic E-state index is -1.57. The first kappa shape index (κ1) is 65.4. The average molecular weight is 977 g/mol. The van der Waals surface area contributed by atoms with Crippen LogP contribution in [0.1, 0.15) is 284 Å². The van der Waals surface area contributed by atoms with Crippen LogP contribution in [0.15, 0.2) is 36.5 Å². The molecule has 7 unspecified atom stereocenters. The van der Waals surface area contributed by atoms with Gasteiger partial charge in [-0.1, -0.05) is 256 Å². The van der Waals surface area contributed by atoms with Crippen molar-refractivity contribution in [3.05, 3.63) is 36.5 Å². The van der Waals surface area contributed by atoms with E-state index in [-0.39, 0.29) is 12.5 Å². The van der Waals surface area contributed by atoms with E-state index in [4.69, 9.17) is 9.47 Å². The minimum absolute atomic E-state index is 0.188. The zero-order valence-corrected chi connectivity index (χ0v) is 45.1. The number of nitrogens with one attached hydrogen (secondary N) is 1. The summed E-state index contributed by atoms with van der Waals surface area (Å²) in [4.78, 5) is 13.1. The Morgan fingerprint density at radius 3 is 1.22 bits per heavy atom. The lowest BCUT2D eigenvalue weighted by Gasteiger charge is -2.40. The summed E-state index contributed by atoms with van der Waals surface area (Å²) in [6.07, 6.45) is 57.9. The highest BCUT2D eigenvalue weighted by Crippen LogP contribution is 2.23. The molecule has 9 heteroatoms. The van der Waals surface area contributed by atoms with Gasteiger partial charge in [-0.25, -0.2) is 0 Å². The van der Waals surface area contributed by atoms with E-state index in [1.807, 2.05) is 6.08 Å². The number of hydrogen-bond donors (Lipinski definition) is 6. The molecular weight excluding hydrogens is 863 g/mol. The van der Waals surface area contributed by atoms with Gasteiger partial charge < -0.3 is 40.3 Å². The number of aliphatic hydroxyl groups excluding tert-OH is 5. The molecule has 1 aliphatic heterocycles. The summed E-state index contributed by atoms with van der Waals surface area (Å²) in [5.74, 6) is -0.188. The second-order valence-corrected chi connectivity index (χ2v) is 20.8. The number of aliphatic hydroxyl groups is 5. The van der Waals surface area contributed by atoms with Crippen molar-refractivity contribution in [3.8, 4) is 0 Å². The van der Waals surface area contributed by atoms with Crippen LogP contribution in [0.25, 0.3) is 0 Å². The smallest absolute Gasteiger partial charge is 0.220 e. The zero-order valence-electron chi connectivity index (χ0n) is 45.1. The summed E-state index contributed by atoms with van der Waals surface area (Å²) in [5.41, 5.74) is 0. The molecule has 0 spiro atoms. The van der Waals surface area contributed by atoms with Crippen LogP contribution in [-0.2, 0) is 14.3 Å². The maximum Gasteiger partial charge on any atom is 0.220 e. The van der Waals surface area contributed by atoms with Gasteiger partial charge in [0.2, 0.25) is 5.91 Å². The third-order valence-corrected chi connectivity index (χ3v) is 14.2. The lowest BCUT2D eigenvalue weighted by molar-refractivity contribution is -0.302. The minimum Gasteiger partial charge on any atom is -0.394 e. The highest BCUT2D eigenvalue weighted by Gasteiger charge is 2.44. The molecule has 69 heavy (non-hydrogen) atoms. The maximum absolute atomic E-state index is 13.1. The zero-order chi connectivity index (χ0) is 50.1. The van der Waals surface area contributed by atoms with E-state index in [0.717, 1.165) is 51.4 Å². The lowest BCUT2D eigenvalue weighted by Crippen LogP contribution is -2.60.